The fourth-order valence-electron chi connectivity index (χ4n) is 3.39. The summed E-state index contributed by atoms with van der Waals surface area (Å²) in [5.74, 6) is -0.201. The molecular weight excluding hydrogens is 346 g/mol. The molecule has 3 heterocycles. The zero-order chi connectivity index (χ0) is 17.9. The van der Waals surface area contributed by atoms with E-state index in [9.17, 15) is 9.59 Å². The highest BCUT2D eigenvalue weighted by Gasteiger charge is 2.11. The maximum atomic E-state index is 12.4. The Hall–Kier alpha value is -2.60. The summed E-state index contributed by atoms with van der Waals surface area (Å²) in [7, 11) is 0. The van der Waals surface area contributed by atoms with Crippen molar-refractivity contribution >= 4 is 38.7 Å². The van der Waals surface area contributed by atoms with Crippen LogP contribution in [0.1, 0.15) is 19.3 Å². The molecule has 1 N–H and O–H groups in total. The normalized spacial score (nSPS) is 14.5. The topological polar surface area (TPSA) is 54.3 Å². The third-order valence-corrected chi connectivity index (χ3v) is 5.66. The SMILES string of the molecule is O=C(Cn1ccc2sccc2c1=O)Nc1ccc(N2CCCCC2)cc1. The van der Waals surface area contributed by atoms with Crippen LogP contribution < -0.4 is 15.8 Å². The Labute approximate surface area is 155 Å². The standard InChI is InChI=1S/C20H21N3O2S/c24-19(14-23-12-8-18-17(20(23)25)9-13-26-18)21-15-4-6-16(7-5-15)22-10-2-1-3-11-22/h4-9,12-13H,1-3,10-11,14H2,(H,21,24). The van der Waals surface area contributed by atoms with Crippen molar-refractivity contribution in [1.29, 1.82) is 0 Å². The van der Waals surface area contributed by atoms with E-state index in [1.54, 1.807) is 12.3 Å². The van der Waals surface area contributed by atoms with E-state index < -0.39 is 0 Å². The first-order valence-corrected chi connectivity index (χ1v) is 9.80. The van der Waals surface area contributed by atoms with Crippen LogP contribution in [0.3, 0.4) is 0 Å². The Balaban J connectivity index is 1.42. The number of hydrogen-bond acceptors (Lipinski definition) is 4. The van der Waals surface area contributed by atoms with E-state index in [1.165, 1.54) is 40.9 Å². The number of benzene rings is 1. The van der Waals surface area contributed by atoms with E-state index in [0.717, 1.165) is 23.5 Å². The first-order valence-electron chi connectivity index (χ1n) is 8.92. The van der Waals surface area contributed by atoms with E-state index >= 15 is 0 Å². The van der Waals surface area contributed by atoms with Crippen LogP contribution in [0.2, 0.25) is 0 Å². The molecule has 0 radical (unpaired) electrons. The van der Waals surface area contributed by atoms with Crippen LogP contribution >= 0.6 is 11.3 Å². The minimum absolute atomic E-state index is 0.0124. The van der Waals surface area contributed by atoms with Crippen LogP contribution in [0.15, 0.2) is 52.8 Å². The molecule has 1 fully saturated rings. The second kappa shape index (κ2) is 7.33. The highest BCUT2D eigenvalue weighted by Crippen LogP contribution is 2.22. The van der Waals surface area contributed by atoms with E-state index in [-0.39, 0.29) is 18.0 Å². The summed E-state index contributed by atoms with van der Waals surface area (Å²) in [4.78, 5) is 27.1. The van der Waals surface area contributed by atoms with Crippen LogP contribution in [0.4, 0.5) is 11.4 Å². The number of aromatic nitrogens is 1. The lowest BCUT2D eigenvalue weighted by molar-refractivity contribution is -0.116. The van der Waals surface area contributed by atoms with Crippen molar-refractivity contribution in [3.05, 3.63) is 58.3 Å². The number of nitrogens with one attached hydrogen (secondary N) is 1. The number of carbonyl (C=O) groups excluding carboxylic acids is 1. The van der Waals surface area contributed by atoms with Crippen LogP contribution in [0.5, 0.6) is 0 Å². The van der Waals surface area contributed by atoms with Crippen LogP contribution in [0.25, 0.3) is 10.1 Å². The second-order valence-electron chi connectivity index (χ2n) is 6.59. The summed E-state index contributed by atoms with van der Waals surface area (Å²) in [5.41, 5.74) is 1.82. The Morgan fingerprint density at radius 1 is 1.04 bits per heavy atom. The first kappa shape index (κ1) is 16.8. The molecule has 1 amide bonds. The average Bonchev–Trinajstić information content (AvgIpc) is 3.15. The van der Waals surface area contributed by atoms with Crippen molar-refractivity contribution in [2.24, 2.45) is 0 Å². The summed E-state index contributed by atoms with van der Waals surface area (Å²) in [6.45, 7) is 2.21. The number of anilines is 2. The zero-order valence-electron chi connectivity index (χ0n) is 14.5. The molecule has 3 aromatic rings. The van der Waals surface area contributed by atoms with Crippen LogP contribution in [-0.2, 0) is 11.3 Å². The lowest BCUT2D eigenvalue weighted by atomic mass is 10.1. The number of pyridine rings is 1. The maximum Gasteiger partial charge on any atom is 0.259 e. The van der Waals surface area contributed by atoms with Gasteiger partial charge in [-0.25, -0.2) is 0 Å². The molecule has 0 bridgehead atoms. The number of rotatable bonds is 4. The Kier molecular flexibility index (Phi) is 4.75. The molecule has 1 aliphatic rings. The van der Waals surface area contributed by atoms with Crippen molar-refractivity contribution in [1.82, 2.24) is 4.57 Å². The first-order chi connectivity index (χ1) is 12.7. The number of fused-ring (bicyclic) bond motifs is 1. The van der Waals surface area contributed by atoms with E-state index in [2.05, 4.69) is 10.2 Å². The highest BCUT2D eigenvalue weighted by atomic mass is 32.1. The number of amides is 1. The van der Waals surface area contributed by atoms with Gasteiger partial charge in [0.15, 0.2) is 0 Å². The smallest absolute Gasteiger partial charge is 0.259 e. The van der Waals surface area contributed by atoms with Gasteiger partial charge in [-0.05, 0) is 61.0 Å². The van der Waals surface area contributed by atoms with Crippen molar-refractivity contribution in [3.63, 3.8) is 0 Å². The number of thiophene rings is 1. The summed E-state index contributed by atoms with van der Waals surface area (Å²) < 4.78 is 2.40. The quantitative estimate of drug-likeness (QED) is 0.765. The van der Waals surface area contributed by atoms with Gasteiger partial charge in [0, 0.05) is 35.4 Å². The molecule has 1 aromatic carbocycles. The summed E-state index contributed by atoms with van der Waals surface area (Å²) in [6, 6.07) is 11.6. The molecule has 0 atom stereocenters. The Bertz CT molecular complexity index is 969. The average molecular weight is 367 g/mol. The minimum atomic E-state index is -0.201. The molecule has 26 heavy (non-hydrogen) atoms. The molecule has 0 spiro atoms. The zero-order valence-corrected chi connectivity index (χ0v) is 15.3. The second-order valence-corrected chi connectivity index (χ2v) is 7.54. The van der Waals surface area contributed by atoms with Gasteiger partial charge in [-0.3, -0.25) is 9.59 Å². The Morgan fingerprint density at radius 3 is 2.58 bits per heavy atom. The fraction of sp³-hybridized carbons (Fsp3) is 0.300. The van der Waals surface area contributed by atoms with Crippen LogP contribution in [-0.4, -0.2) is 23.6 Å². The molecule has 1 saturated heterocycles. The van der Waals surface area contributed by atoms with Gasteiger partial charge in [0.1, 0.15) is 6.54 Å². The predicted molar refractivity (Wildman–Crippen MR) is 107 cm³/mol. The molecular formula is C20H21N3O2S. The van der Waals surface area contributed by atoms with Crippen LogP contribution in [0, 0.1) is 0 Å². The molecule has 0 aliphatic carbocycles. The van der Waals surface area contributed by atoms with E-state index in [1.807, 2.05) is 35.7 Å². The fourth-order valence-corrected chi connectivity index (χ4v) is 4.17. The highest BCUT2D eigenvalue weighted by molar-refractivity contribution is 7.17. The van der Waals surface area contributed by atoms with Gasteiger partial charge in [-0.15, -0.1) is 11.3 Å². The molecule has 134 valence electrons. The monoisotopic (exact) mass is 367 g/mol. The minimum Gasteiger partial charge on any atom is -0.372 e. The summed E-state index contributed by atoms with van der Waals surface area (Å²) >= 11 is 1.53. The number of hydrogen-bond donors (Lipinski definition) is 1. The summed E-state index contributed by atoms with van der Waals surface area (Å²) in [6.07, 6.45) is 5.46. The molecule has 5 nitrogen and oxygen atoms in total. The maximum absolute atomic E-state index is 12.4. The molecule has 1 aliphatic heterocycles. The van der Waals surface area contributed by atoms with Gasteiger partial charge in [-0.1, -0.05) is 0 Å². The Morgan fingerprint density at radius 2 is 1.81 bits per heavy atom. The summed E-state index contributed by atoms with van der Waals surface area (Å²) in [5, 5.41) is 5.43. The molecule has 0 saturated carbocycles. The lowest BCUT2D eigenvalue weighted by Gasteiger charge is -2.28. The third kappa shape index (κ3) is 3.51. The van der Waals surface area contributed by atoms with Gasteiger partial charge < -0.3 is 14.8 Å². The molecule has 2 aromatic heterocycles. The van der Waals surface area contributed by atoms with Gasteiger partial charge in [-0.2, -0.15) is 0 Å². The predicted octanol–water partition coefficient (Wildman–Crippen LogP) is 3.69. The van der Waals surface area contributed by atoms with Crippen molar-refractivity contribution in [2.75, 3.05) is 23.3 Å². The van der Waals surface area contributed by atoms with Gasteiger partial charge in [0.25, 0.3) is 5.56 Å². The number of carbonyl (C=O) groups is 1. The van der Waals surface area contributed by atoms with Gasteiger partial charge in [0.2, 0.25) is 5.91 Å². The van der Waals surface area contributed by atoms with Crippen molar-refractivity contribution < 1.29 is 4.79 Å². The lowest BCUT2D eigenvalue weighted by Crippen LogP contribution is -2.29. The van der Waals surface area contributed by atoms with E-state index in [4.69, 9.17) is 0 Å². The molecule has 0 unspecified atom stereocenters. The largest absolute Gasteiger partial charge is 0.372 e. The van der Waals surface area contributed by atoms with Crippen molar-refractivity contribution in [3.8, 4) is 0 Å². The van der Waals surface area contributed by atoms with Gasteiger partial charge >= 0.3 is 0 Å². The molecule has 4 rings (SSSR count). The van der Waals surface area contributed by atoms with E-state index in [0.29, 0.717) is 5.39 Å². The van der Waals surface area contributed by atoms with Gasteiger partial charge in [0.05, 0.1) is 5.39 Å². The molecule has 6 heteroatoms. The third-order valence-electron chi connectivity index (χ3n) is 4.78. The number of nitrogens with zero attached hydrogens (tertiary/aromatic N) is 2. The number of piperidine rings is 1. The van der Waals surface area contributed by atoms with Crippen molar-refractivity contribution in [2.45, 2.75) is 25.8 Å².